The Bertz CT molecular complexity index is 1140. The van der Waals surface area contributed by atoms with E-state index in [2.05, 4.69) is 38.8 Å². The van der Waals surface area contributed by atoms with Gasteiger partial charge in [-0.05, 0) is 49.7 Å². The number of anilines is 1. The molecule has 3 fully saturated rings. The molecule has 0 radical (unpaired) electrons. The minimum Gasteiger partial charge on any atom is -0.417 e. The molecule has 5 atom stereocenters. The summed E-state index contributed by atoms with van der Waals surface area (Å²) in [7, 11) is -1.98. The van der Waals surface area contributed by atoms with E-state index in [1.165, 1.54) is 16.2 Å². The summed E-state index contributed by atoms with van der Waals surface area (Å²) in [5.74, 6) is -1.84. The number of benzene rings is 1. The van der Waals surface area contributed by atoms with Crippen LogP contribution in [0.2, 0.25) is 18.1 Å². The Hall–Kier alpha value is -1.65. The number of carbonyl (C=O) groups excluding carboxylic acids is 2. The first-order chi connectivity index (χ1) is 15.3. The van der Waals surface area contributed by atoms with E-state index in [0.717, 1.165) is 10.2 Å². The van der Waals surface area contributed by atoms with Gasteiger partial charge in [-0.3, -0.25) is 9.59 Å². The quantitative estimate of drug-likeness (QED) is 0.503. The molecule has 2 bridgehead atoms. The number of rotatable bonds is 5. The maximum atomic E-state index is 13.7. The fraction of sp³-hybridized carbons (Fsp3) is 0.625. The molecule has 9 heteroatoms. The van der Waals surface area contributed by atoms with Crippen LogP contribution < -0.4 is 4.90 Å². The maximum Gasteiger partial charge on any atom is 0.240 e. The van der Waals surface area contributed by atoms with Gasteiger partial charge in [0.05, 0.1) is 45.0 Å². The molecule has 2 amide bonds. The summed E-state index contributed by atoms with van der Waals surface area (Å²) in [4.78, 5) is 32.9. The lowest BCUT2D eigenvalue weighted by molar-refractivity contribution is -0.134. The van der Waals surface area contributed by atoms with Crippen LogP contribution in [0.15, 0.2) is 23.7 Å². The zero-order chi connectivity index (χ0) is 24.0. The molecule has 1 N–H and O–H groups in total. The molecular formula is C24H32N2O5SSi. The van der Waals surface area contributed by atoms with Crippen LogP contribution in [-0.4, -0.2) is 54.1 Å². The van der Waals surface area contributed by atoms with Crippen molar-refractivity contribution >= 4 is 47.4 Å². The number of imide groups is 1. The molecule has 0 unspecified atom stereocenters. The van der Waals surface area contributed by atoms with Crippen molar-refractivity contribution in [3.05, 3.63) is 23.7 Å². The third-order valence-corrected chi connectivity index (χ3v) is 13.8. The van der Waals surface area contributed by atoms with Gasteiger partial charge in [-0.1, -0.05) is 20.8 Å². The van der Waals surface area contributed by atoms with Gasteiger partial charge in [-0.25, -0.2) is 9.88 Å². The third-order valence-electron chi connectivity index (χ3n) is 8.48. The Morgan fingerprint density at radius 3 is 2.67 bits per heavy atom. The lowest BCUT2D eigenvalue weighted by atomic mass is 9.66. The van der Waals surface area contributed by atoms with Gasteiger partial charge in [0, 0.05) is 13.0 Å². The molecule has 5 rings (SSSR count). The minimum atomic E-state index is -1.98. The van der Waals surface area contributed by atoms with Gasteiger partial charge in [-0.2, -0.15) is 0 Å². The van der Waals surface area contributed by atoms with Crippen molar-refractivity contribution in [1.82, 2.24) is 4.98 Å². The number of aromatic nitrogens is 1. The van der Waals surface area contributed by atoms with Gasteiger partial charge in [0.25, 0.3) is 0 Å². The Morgan fingerprint density at radius 1 is 1.27 bits per heavy atom. The number of aliphatic hydroxyl groups excluding tert-OH is 1. The summed E-state index contributed by atoms with van der Waals surface area (Å²) < 4.78 is 13.7. The van der Waals surface area contributed by atoms with Crippen LogP contribution in [0.5, 0.6) is 0 Å². The Kier molecular flexibility index (Phi) is 5.02. The molecule has 0 saturated carbocycles. The van der Waals surface area contributed by atoms with Gasteiger partial charge >= 0.3 is 0 Å². The highest BCUT2D eigenvalue weighted by Gasteiger charge is 2.76. The van der Waals surface area contributed by atoms with Gasteiger partial charge < -0.3 is 14.3 Å². The Morgan fingerprint density at radius 2 is 1.97 bits per heavy atom. The molecule has 3 aliphatic heterocycles. The van der Waals surface area contributed by atoms with E-state index in [0.29, 0.717) is 25.1 Å². The van der Waals surface area contributed by atoms with Crippen LogP contribution >= 0.6 is 11.3 Å². The molecule has 0 aliphatic carbocycles. The van der Waals surface area contributed by atoms with Crippen LogP contribution in [-0.2, 0) is 18.8 Å². The van der Waals surface area contributed by atoms with E-state index >= 15 is 0 Å². The Labute approximate surface area is 199 Å². The van der Waals surface area contributed by atoms with Crippen molar-refractivity contribution in [2.75, 3.05) is 11.5 Å². The second-order valence-electron chi connectivity index (χ2n) is 11.4. The predicted molar refractivity (Wildman–Crippen MR) is 130 cm³/mol. The lowest BCUT2D eigenvalue weighted by Crippen LogP contribution is -2.50. The third kappa shape index (κ3) is 3.20. The summed E-state index contributed by atoms with van der Waals surface area (Å²) in [6, 6.07) is 5.45. The molecule has 33 heavy (non-hydrogen) atoms. The van der Waals surface area contributed by atoms with E-state index < -0.39 is 37.5 Å². The number of hydrogen-bond donors (Lipinski definition) is 1. The monoisotopic (exact) mass is 488 g/mol. The van der Waals surface area contributed by atoms with Crippen molar-refractivity contribution < 1.29 is 23.9 Å². The summed E-state index contributed by atoms with van der Waals surface area (Å²) in [6.07, 6.45) is 0.0210. The number of amides is 2. The van der Waals surface area contributed by atoms with Crippen molar-refractivity contribution in [1.29, 1.82) is 0 Å². The summed E-state index contributed by atoms with van der Waals surface area (Å²) >= 11 is 1.47. The summed E-state index contributed by atoms with van der Waals surface area (Å²) in [5.41, 5.74) is 1.18. The highest BCUT2D eigenvalue weighted by molar-refractivity contribution is 7.16. The molecule has 2 aromatic rings. The van der Waals surface area contributed by atoms with Gasteiger partial charge in [0.15, 0.2) is 8.32 Å². The average Bonchev–Trinajstić information content (AvgIpc) is 3.40. The standard InChI is InChI=1S/C24H32N2O5SSi/c1-22(2,3)33(5,6)30-10-9-24-12-17(27)23(4,31-24)18-19(24)21(29)26(20(18)28)14-7-8-15-16(11-14)32-13-25-15/h7-8,11,13,17-19,27H,9-10,12H2,1-6H3/t17-,18-,19+,23-,24+/m1/s1. The molecule has 3 aliphatic rings. The smallest absolute Gasteiger partial charge is 0.240 e. The second kappa shape index (κ2) is 7.18. The van der Waals surface area contributed by atoms with Crippen molar-refractivity contribution in [3.63, 3.8) is 0 Å². The first kappa shape index (κ1) is 23.1. The SMILES string of the molecule is CC(C)(C)[Si](C)(C)OCC[C@@]12C[C@@H](O)[C@@](C)(O1)[C@H]1C(=O)N(c3ccc4ncsc4c3)C(=O)[C@H]12. The number of aliphatic hydroxyl groups is 1. The number of thiazole rings is 1. The largest absolute Gasteiger partial charge is 0.417 e. The number of fused-ring (bicyclic) bond motifs is 6. The van der Waals surface area contributed by atoms with Gasteiger partial charge in [0.2, 0.25) is 11.8 Å². The number of carbonyl (C=O) groups is 2. The van der Waals surface area contributed by atoms with Gasteiger partial charge in [0.1, 0.15) is 5.60 Å². The highest BCUT2D eigenvalue weighted by atomic mass is 32.1. The zero-order valence-corrected chi connectivity index (χ0v) is 21.9. The van der Waals surface area contributed by atoms with E-state index in [1.807, 2.05) is 12.1 Å². The number of hydrogen-bond acceptors (Lipinski definition) is 7. The molecule has 1 aromatic carbocycles. The fourth-order valence-electron chi connectivity index (χ4n) is 5.56. The number of nitrogens with zero attached hydrogens (tertiary/aromatic N) is 2. The van der Waals surface area contributed by atoms with E-state index in [9.17, 15) is 14.7 Å². The summed E-state index contributed by atoms with van der Waals surface area (Å²) in [5, 5.41) is 11.0. The molecule has 1 aromatic heterocycles. The van der Waals surface area contributed by atoms with Crippen molar-refractivity contribution in [2.45, 2.75) is 76.0 Å². The van der Waals surface area contributed by atoms with Crippen LogP contribution in [0.25, 0.3) is 10.2 Å². The van der Waals surface area contributed by atoms with Crippen LogP contribution in [0, 0.1) is 11.8 Å². The van der Waals surface area contributed by atoms with Crippen LogP contribution in [0.3, 0.4) is 0 Å². The fourth-order valence-corrected chi connectivity index (χ4v) is 7.31. The van der Waals surface area contributed by atoms with Crippen molar-refractivity contribution in [3.8, 4) is 0 Å². The molecule has 0 spiro atoms. The van der Waals surface area contributed by atoms with Crippen LogP contribution in [0.1, 0.15) is 40.5 Å². The lowest BCUT2D eigenvalue weighted by Gasteiger charge is -2.38. The maximum absolute atomic E-state index is 13.7. The van der Waals surface area contributed by atoms with Gasteiger partial charge in [-0.15, -0.1) is 11.3 Å². The molecule has 4 heterocycles. The molecular weight excluding hydrogens is 456 g/mol. The first-order valence-electron chi connectivity index (χ1n) is 11.5. The van der Waals surface area contributed by atoms with E-state index in [4.69, 9.17) is 9.16 Å². The average molecular weight is 489 g/mol. The second-order valence-corrected chi connectivity index (χ2v) is 17.1. The molecule has 7 nitrogen and oxygen atoms in total. The Balaban J connectivity index is 1.45. The van der Waals surface area contributed by atoms with Crippen molar-refractivity contribution in [2.24, 2.45) is 11.8 Å². The van der Waals surface area contributed by atoms with Crippen LogP contribution in [0.4, 0.5) is 5.69 Å². The first-order valence-corrected chi connectivity index (χ1v) is 15.3. The zero-order valence-electron chi connectivity index (χ0n) is 20.0. The molecule has 3 saturated heterocycles. The topological polar surface area (TPSA) is 89.0 Å². The molecule has 178 valence electrons. The van der Waals surface area contributed by atoms with E-state index in [-0.39, 0.29) is 16.9 Å². The summed E-state index contributed by atoms with van der Waals surface area (Å²) in [6.45, 7) is 13.2. The van der Waals surface area contributed by atoms with E-state index in [1.54, 1.807) is 18.5 Å². The normalized spacial score (nSPS) is 34.0. The number of ether oxygens (including phenoxy) is 1. The minimum absolute atomic E-state index is 0.0681. The highest BCUT2D eigenvalue weighted by Crippen LogP contribution is 2.62. The predicted octanol–water partition coefficient (Wildman–Crippen LogP) is 4.11.